The van der Waals surface area contributed by atoms with E-state index in [9.17, 15) is 14.7 Å². The monoisotopic (exact) mass is 479 g/mol. The van der Waals surface area contributed by atoms with E-state index >= 15 is 0 Å². The molecule has 34 heavy (non-hydrogen) atoms. The van der Waals surface area contributed by atoms with Crippen molar-refractivity contribution in [2.45, 2.75) is 19.1 Å². The fraction of sp³-hybridized carbons (Fsp3) is 0.240. The van der Waals surface area contributed by atoms with Gasteiger partial charge in [0, 0.05) is 43.6 Å². The minimum absolute atomic E-state index is 0.117. The molecule has 8 nitrogen and oxygen atoms in total. The lowest BCUT2D eigenvalue weighted by atomic mass is 10.00. The first-order valence-corrected chi connectivity index (χ1v) is 11.4. The third-order valence-corrected chi connectivity index (χ3v) is 5.75. The number of nitrogens with one attached hydrogen (secondary N) is 3. The Labute approximate surface area is 203 Å². The SMILES string of the molecule is O=C(NCC(O)CN1CCc2ccccc2C1)Nc1cccc(C(=O)Nc2ccc(Cl)cn2)c1. The molecular weight excluding hydrogens is 454 g/mol. The van der Waals surface area contributed by atoms with E-state index in [1.165, 1.54) is 17.3 Å². The number of pyridine rings is 1. The van der Waals surface area contributed by atoms with Crippen molar-refractivity contribution in [3.8, 4) is 0 Å². The van der Waals surface area contributed by atoms with Crippen LogP contribution < -0.4 is 16.0 Å². The second-order valence-corrected chi connectivity index (χ2v) is 8.58. The molecular formula is C25H26ClN5O3. The van der Waals surface area contributed by atoms with Gasteiger partial charge in [-0.2, -0.15) is 0 Å². The number of β-amino-alcohol motifs (C(OH)–C–C–N with tert-alkyl or cyclic N) is 1. The highest BCUT2D eigenvalue weighted by molar-refractivity contribution is 6.30. The van der Waals surface area contributed by atoms with Crippen LogP contribution in [-0.2, 0) is 13.0 Å². The number of hydrogen-bond donors (Lipinski definition) is 4. The fourth-order valence-electron chi connectivity index (χ4n) is 3.83. The Balaban J connectivity index is 1.24. The molecule has 0 bridgehead atoms. The van der Waals surface area contributed by atoms with E-state index < -0.39 is 12.1 Å². The number of aromatic nitrogens is 1. The number of halogens is 1. The van der Waals surface area contributed by atoms with Crippen molar-refractivity contribution in [3.63, 3.8) is 0 Å². The summed E-state index contributed by atoms with van der Waals surface area (Å²) in [5.74, 6) is 0.00842. The molecule has 2 heterocycles. The third kappa shape index (κ3) is 6.54. The smallest absolute Gasteiger partial charge is 0.319 e. The summed E-state index contributed by atoms with van der Waals surface area (Å²) in [6.45, 7) is 2.26. The first kappa shape index (κ1) is 23.7. The zero-order valence-electron chi connectivity index (χ0n) is 18.5. The maximum absolute atomic E-state index is 12.5. The van der Waals surface area contributed by atoms with Crippen LogP contribution in [0, 0.1) is 0 Å². The molecule has 0 radical (unpaired) electrons. The largest absolute Gasteiger partial charge is 0.390 e. The van der Waals surface area contributed by atoms with Crippen LogP contribution in [0.4, 0.5) is 16.3 Å². The Morgan fingerprint density at radius 3 is 2.68 bits per heavy atom. The van der Waals surface area contributed by atoms with Crippen LogP contribution in [0.25, 0.3) is 0 Å². The van der Waals surface area contributed by atoms with Gasteiger partial charge in [0.05, 0.1) is 11.1 Å². The molecule has 1 aliphatic rings. The van der Waals surface area contributed by atoms with Crippen molar-refractivity contribution in [1.82, 2.24) is 15.2 Å². The highest BCUT2D eigenvalue weighted by atomic mass is 35.5. The van der Waals surface area contributed by atoms with Crippen molar-refractivity contribution in [1.29, 1.82) is 0 Å². The molecule has 1 unspecified atom stereocenters. The standard InChI is InChI=1S/C25H26ClN5O3/c26-20-8-9-23(27-13-20)30-24(33)18-6-3-7-21(12-18)29-25(34)28-14-22(32)16-31-11-10-17-4-1-2-5-19(17)15-31/h1-9,12-13,22,32H,10-11,14-16H2,(H,27,30,33)(H2,28,29,34). The van der Waals surface area contributed by atoms with Crippen LogP contribution in [0.5, 0.6) is 0 Å². The quantitative estimate of drug-likeness (QED) is 0.415. The number of aliphatic hydroxyl groups excluding tert-OH is 1. The fourth-order valence-corrected chi connectivity index (χ4v) is 3.95. The van der Waals surface area contributed by atoms with Crippen LogP contribution in [0.2, 0.25) is 5.02 Å². The van der Waals surface area contributed by atoms with Crippen LogP contribution >= 0.6 is 11.6 Å². The first-order valence-electron chi connectivity index (χ1n) is 11.0. The van der Waals surface area contributed by atoms with Gasteiger partial charge in [0.1, 0.15) is 5.82 Å². The molecule has 0 aliphatic carbocycles. The zero-order chi connectivity index (χ0) is 23.9. The average Bonchev–Trinajstić information content (AvgIpc) is 2.84. The van der Waals surface area contributed by atoms with E-state index in [0.717, 1.165) is 19.5 Å². The normalized spacial score (nSPS) is 14.1. The summed E-state index contributed by atoms with van der Waals surface area (Å²) in [4.78, 5) is 31.0. The lowest BCUT2D eigenvalue weighted by Crippen LogP contribution is -2.42. The number of amides is 3. The van der Waals surface area contributed by atoms with Gasteiger partial charge in [-0.25, -0.2) is 9.78 Å². The van der Waals surface area contributed by atoms with Crippen molar-refractivity contribution in [2.24, 2.45) is 0 Å². The number of benzene rings is 2. The molecule has 0 fully saturated rings. The average molecular weight is 480 g/mol. The highest BCUT2D eigenvalue weighted by Crippen LogP contribution is 2.18. The van der Waals surface area contributed by atoms with Crippen molar-refractivity contribution < 1.29 is 14.7 Å². The maximum Gasteiger partial charge on any atom is 0.319 e. The van der Waals surface area contributed by atoms with Crippen LogP contribution in [0.3, 0.4) is 0 Å². The molecule has 4 N–H and O–H groups in total. The van der Waals surface area contributed by atoms with Crippen molar-refractivity contribution in [2.75, 3.05) is 30.3 Å². The van der Waals surface area contributed by atoms with Gasteiger partial charge in [0.2, 0.25) is 0 Å². The summed E-state index contributed by atoms with van der Waals surface area (Å²) in [6.07, 6.45) is 1.70. The third-order valence-electron chi connectivity index (χ3n) is 5.53. The molecule has 0 saturated carbocycles. The Morgan fingerprint density at radius 1 is 1.06 bits per heavy atom. The summed E-state index contributed by atoms with van der Waals surface area (Å²) >= 11 is 5.81. The summed E-state index contributed by atoms with van der Waals surface area (Å²) in [7, 11) is 0. The molecule has 4 rings (SSSR count). The Hall–Kier alpha value is -3.46. The number of carbonyl (C=O) groups is 2. The Morgan fingerprint density at radius 2 is 1.88 bits per heavy atom. The highest BCUT2D eigenvalue weighted by Gasteiger charge is 2.19. The molecule has 9 heteroatoms. The Kier molecular flexibility index (Phi) is 7.74. The first-order chi connectivity index (χ1) is 16.5. The minimum atomic E-state index is -0.694. The molecule has 0 spiro atoms. The second-order valence-electron chi connectivity index (χ2n) is 8.14. The van der Waals surface area contributed by atoms with E-state index in [4.69, 9.17) is 11.6 Å². The van der Waals surface area contributed by atoms with Crippen LogP contribution in [0.15, 0.2) is 66.9 Å². The van der Waals surface area contributed by atoms with Crippen molar-refractivity contribution >= 4 is 35.0 Å². The van der Waals surface area contributed by atoms with E-state index in [0.29, 0.717) is 28.6 Å². The van der Waals surface area contributed by atoms with E-state index in [1.54, 1.807) is 36.4 Å². The summed E-state index contributed by atoms with van der Waals surface area (Å²) in [5.41, 5.74) is 3.45. The van der Waals surface area contributed by atoms with Gasteiger partial charge < -0.3 is 21.1 Å². The number of aliphatic hydroxyl groups is 1. The van der Waals surface area contributed by atoms with E-state index in [-0.39, 0.29) is 12.5 Å². The summed E-state index contributed by atoms with van der Waals surface area (Å²) < 4.78 is 0. The molecule has 1 aromatic heterocycles. The number of fused-ring (bicyclic) bond motifs is 1. The summed E-state index contributed by atoms with van der Waals surface area (Å²) in [5, 5.41) is 18.9. The number of hydrogen-bond acceptors (Lipinski definition) is 5. The number of nitrogens with zero attached hydrogens (tertiary/aromatic N) is 2. The molecule has 3 aromatic rings. The Bertz CT molecular complexity index is 1160. The topological polar surface area (TPSA) is 107 Å². The zero-order valence-corrected chi connectivity index (χ0v) is 19.3. The molecule has 2 aromatic carbocycles. The van der Waals surface area contributed by atoms with Crippen LogP contribution in [0.1, 0.15) is 21.5 Å². The number of carbonyl (C=O) groups excluding carboxylic acids is 2. The van der Waals surface area contributed by atoms with Gasteiger partial charge in [-0.1, -0.05) is 41.9 Å². The van der Waals surface area contributed by atoms with Gasteiger partial charge in [-0.15, -0.1) is 0 Å². The van der Waals surface area contributed by atoms with E-state index in [1.807, 2.05) is 12.1 Å². The molecule has 3 amide bonds. The van der Waals surface area contributed by atoms with Gasteiger partial charge in [0.15, 0.2) is 0 Å². The van der Waals surface area contributed by atoms with Crippen LogP contribution in [-0.4, -0.2) is 52.7 Å². The van der Waals surface area contributed by atoms with Gasteiger partial charge in [-0.3, -0.25) is 9.69 Å². The molecule has 176 valence electrons. The number of rotatable bonds is 7. The lowest BCUT2D eigenvalue weighted by molar-refractivity contribution is 0.102. The van der Waals surface area contributed by atoms with Gasteiger partial charge in [-0.05, 0) is 47.9 Å². The maximum atomic E-state index is 12.5. The predicted octanol–water partition coefficient (Wildman–Crippen LogP) is 3.53. The lowest BCUT2D eigenvalue weighted by Gasteiger charge is -2.30. The van der Waals surface area contributed by atoms with Gasteiger partial charge >= 0.3 is 6.03 Å². The second kappa shape index (κ2) is 11.1. The molecule has 1 atom stereocenters. The van der Waals surface area contributed by atoms with Gasteiger partial charge in [0.25, 0.3) is 5.91 Å². The van der Waals surface area contributed by atoms with Crippen molar-refractivity contribution in [3.05, 3.63) is 88.6 Å². The number of anilines is 2. The number of urea groups is 1. The predicted molar refractivity (Wildman–Crippen MR) is 132 cm³/mol. The van der Waals surface area contributed by atoms with E-state index in [2.05, 4.69) is 38.0 Å². The molecule has 0 saturated heterocycles. The summed E-state index contributed by atoms with van der Waals surface area (Å²) in [6, 6.07) is 17.6. The minimum Gasteiger partial charge on any atom is -0.390 e. The molecule has 1 aliphatic heterocycles.